The molecule has 0 aromatic rings. The first-order valence-corrected chi connectivity index (χ1v) is 8.18. The Labute approximate surface area is 109 Å². The van der Waals surface area contributed by atoms with E-state index in [-0.39, 0.29) is 18.6 Å². The van der Waals surface area contributed by atoms with Crippen molar-refractivity contribution in [2.45, 2.75) is 44.9 Å². The largest absolute Gasteiger partial charge is 0.481 e. The smallest absolute Gasteiger partial charge is 0.303 e. The maximum absolute atomic E-state index is 11.9. The summed E-state index contributed by atoms with van der Waals surface area (Å²) in [5.74, 6) is -0.541. The molecule has 1 N–H and O–H groups in total. The molecule has 0 amide bonds. The van der Waals surface area contributed by atoms with Crippen LogP contribution in [0.25, 0.3) is 0 Å². The van der Waals surface area contributed by atoms with Gasteiger partial charge in [-0.25, -0.2) is 12.7 Å². The Morgan fingerprint density at radius 1 is 1.28 bits per heavy atom. The zero-order valence-corrected chi connectivity index (χ0v) is 11.8. The van der Waals surface area contributed by atoms with Gasteiger partial charge in [0.1, 0.15) is 0 Å². The number of carbonyl (C=O) groups is 1. The van der Waals surface area contributed by atoms with Crippen molar-refractivity contribution in [3.63, 3.8) is 0 Å². The number of carboxylic acid groups (broad SMARTS) is 1. The van der Waals surface area contributed by atoms with E-state index in [0.717, 1.165) is 12.8 Å². The van der Waals surface area contributed by atoms with E-state index in [1.165, 1.54) is 23.6 Å². The van der Waals surface area contributed by atoms with Crippen LogP contribution in [0, 0.1) is 5.92 Å². The standard InChI is InChI=1S/C12H23NO4S/c1-13(10-11-6-3-2-4-7-11)18(16,17)9-5-8-12(14)15/h11H,2-10H2,1H3,(H,14,15). The minimum atomic E-state index is -3.29. The summed E-state index contributed by atoms with van der Waals surface area (Å²) in [5, 5.41) is 8.50. The summed E-state index contributed by atoms with van der Waals surface area (Å²) in [6, 6.07) is 0. The van der Waals surface area contributed by atoms with E-state index in [2.05, 4.69) is 0 Å². The lowest BCUT2D eigenvalue weighted by Gasteiger charge is -2.26. The average Bonchev–Trinajstić information content (AvgIpc) is 2.29. The van der Waals surface area contributed by atoms with Crippen LogP contribution >= 0.6 is 0 Å². The second kappa shape index (κ2) is 7.09. The lowest BCUT2D eigenvalue weighted by atomic mass is 9.89. The highest BCUT2D eigenvalue weighted by Crippen LogP contribution is 2.24. The summed E-state index contributed by atoms with van der Waals surface area (Å²) in [7, 11) is -1.68. The fourth-order valence-electron chi connectivity index (χ4n) is 2.41. The monoisotopic (exact) mass is 277 g/mol. The van der Waals surface area contributed by atoms with Crippen molar-refractivity contribution in [2.24, 2.45) is 5.92 Å². The Morgan fingerprint density at radius 3 is 2.44 bits per heavy atom. The molecule has 0 heterocycles. The number of rotatable bonds is 7. The summed E-state index contributed by atoms with van der Waals surface area (Å²) in [4.78, 5) is 10.4. The third-order valence-electron chi connectivity index (χ3n) is 3.51. The Morgan fingerprint density at radius 2 is 1.89 bits per heavy atom. The third kappa shape index (κ3) is 5.35. The Bertz CT molecular complexity index is 360. The molecule has 0 aliphatic heterocycles. The lowest BCUT2D eigenvalue weighted by molar-refractivity contribution is -0.137. The van der Waals surface area contributed by atoms with Gasteiger partial charge in [0.05, 0.1) is 5.75 Å². The molecule has 0 spiro atoms. The molecule has 1 aliphatic carbocycles. The van der Waals surface area contributed by atoms with E-state index in [9.17, 15) is 13.2 Å². The molecule has 6 heteroatoms. The zero-order valence-electron chi connectivity index (χ0n) is 11.0. The molecule has 1 rings (SSSR count). The number of sulfonamides is 1. The number of aliphatic carboxylic acids is 1. The van der Waals surface area contributed by atoms with E-state index >= 15 is 0 Å². The molecule has 0 atom stereocenters. The van der Waals surface area contributed by atoms with Crippen molar-refractivity contribution in [1.29, 1.82) is 0 Å². The van der Waals surface area contributed by atoms with Gasteiger partial charge in [-0.2, -0.15) is 0 Å². The summed E-state index contributed by atoms with van der Waals surface area (Å²) >= 11 is 0. The van der Waals surface area contributed by atoms with Crippen molar-refractivity contribution in [3.05, 3.63) is 0 Å². The molecule has 0 aromatic carbocycles. The molecule has 1 aliphatic rings. The van der Waals surface area contributed by atoms with Crippen molar-refractivity contribution < 1.29 is 18.3 Å². The van der Waals surface area contributed by atoms with Crippen LogP contribution in [-0.2, 0) is 14.8 Å². The molecule has 106 valence electrons. The van der Waals surface area contributed by atoms with Crippen LogP contribution in [0.3, 0.4) is 0 Å². The average molecular weight is 277 g/mol. The number of carboxylic acids is 1. The minimum Gasteiger partial charge on any atom is -0.481 e. The Balaban J connectivity index is 2.37. The number of hydrogen-bond donors (Lipinski definition) is 1. The molecule has 0 aromatic heterocycles. The molecular weight excluding hydrogens is 254 g/mol. The van der Waals surface area contributed by atoms with E-state index in [1.807, 2.05) is 0 Å². The van der Waals surface area contributed by atoms with Crippen LogP contribution in [0.5, 0.6) is 0 Å². The van der Waals surface area contributed by atoms with Gasteiger partial charge < -0.3 is 5.11 Å². The fraction of sp³-hybridized carbons (Fsp3) is 0.917. The highest BCUT2D eigenvalue weighted by Gasteiger charge is 2.22. The van der Waals surface area contributed by atoms with Crippen molar-refractivity contribution >= 4 is 16.0 Å². The van der Waals surface area contributed by atoms with Gasteiger partial charge >= 0.3 is 5.97 Å². The first kappa shape index (κ1) is 15.4. The second-order valence-electron chi connectivity index (χ2n) is 5.10. The molecule has 1 fully saturated rings. The van der Waals surface area contributed by atoms with Crippen LogP contribution in [-0.4, -0.2) is 43.1 Å². The van der Waals surface area contributed by atoms with Gasteiger partial charge in [0.2, 0.25) is 10.0 Å². The molecule has 0 saturated heterocycles. The van der Waals surface area contributed by atoms with Crippen molar-refractivity contribution in [1.82, 2.24) is 4.31 Å². The lowest BCUT2D eigenvalue weighted by Crippen LogP contribution is -2.34. The van der Waals surface area contributed by atoms with Gasteiger partial charge in [0, 0.05) is 20.0 Å². The highest BCUT2D eigenvalue weighted by molar-refractivity contribution is 7.89. The molecule has 0 radical (unpaired) electrons. The molecule has 0 bridgehead atoms. The second-order valence-corrected chi connectivity index (χ2v) is 7.29. The molecule has 1 saturated carbocycles. The first-order chi connectivity index (χ1) is 8.42. The normalized spacial score (nSPS) is 18.1. The molecular formula is C12H23NO4S. The van der Waals surface area contributed by atoms with Crippen molar-refractivity contribution in [3.8, 4) is 0 Å². The van der Waals surface area contributed by atoms with Gasteiger partial charge in [-0.1, -0.05) is 19.3 Å². The van der Waals surface area contributed by atoms with Crippen LogP contribution in [0.2, 0.25) is 0 Å². The summed E-state index contributed by atoms with van der Waals surface area (Å²) < 4.78 is 25.2. The molecule has 5 nitrogen and oxygen atoms in total. The van der Waals surface area contributed by atoms with Gasteiger partial charge in [0.15, 0.2) is 0 Å². The Hall–Kier alpha value is -0.620. The van der Waals surface area contributed by atoms with Gasteiger partial charge in [-0.05, 0) is 25.2 Å². The van der Waals surface area contributed by atoms with Gasteiger partial charge in [0.25, 0.3) is 0 Å². The maximum Gasteiger partial charge on any atom is 0.303 e. The predicted molar refractivity (Wildman–Crippen MR) is 69.9 cm³/mol. The quantitative estimate of drug-likeness (QED) is 0.768. The summed E-state index contributed by atoms with van der Waals surface area (Å²) in [6.07, 6.45) is 5.95. The maximum atomic E-state index is 11.9. The topological polar surface area (TPSA) is 74.7 Å². The third-order valence-corrected chi connectivity index (χ3v) is 5.41. The SMILES string of the molecule is CN(CC1CCCCC1)S(=O)(=O)CCCC(=O)O. The van der Waals surface area contributed by atoms with Crippen LogP contribution in [0.4, 0.5) is 0 Å². The van der Waals surface area contributed by atoms with E-state index < -0.39 is 16.0 Å². The summed E-state index contributed by atoms with van der Waals surface area (Å²) in [5.41, 5.74) is 0. The van der Waals surface area contributed by atoms with Crippen LogP contribution in [0.15, 0.2) is 0 Å². The Kier molecular flexibility index (Phi) is 6.08. The van der Waals surface area contributed by atoms with Gasteiger partial charge in [-0.3, -0.25) is 4.79 Å². The van der Waals surface area contributed by atoms with Crippen LogP contribution in [0.1, 0.15) is 44.9 Å². The van der Waals surface area contributed by atoms with E-state index in [4.69, 9.17) is 5.11 Å². The molecule has 0 unspecified atom stereocenters. The highest BCUT2D eigenvalue weighted by atomic mass is 32.2. The zero-order chi connectivity index (χ0) is 13.6. The van der Waals surface area contributed by atoms with Crippen molar-refractivity contribution in [2.75, 3.05) is 19.3 Å². The van der Waals surface area contributed by atoms with Crippen LogP contribution < -0.4 is 0 Å². The van der Waals surface area contributed by atoms with E-state index in [0.29, 0.717) is 12.5 Å². The van der Waals surface area contributed by atoms with E-state index in [1.54, 1.807) is 7.05 Å². The minimum absolute atomic E-state index is 0.0669. The fourth-order valence-corrected chi connectivity index (χ4v) is 3.67. The first-order valence-electron chi connectivity index (χ1n) is 6.57. The summed E-state index contributed by atoms with van der Waals surface area (Å²) in [6.45, 7) is 0.579. The number of hydrogen-bond acceptors (Lipinski definition) is 3. The number of nitrogens with zero attached hydrogens (tertiary/aromatic N) is 1. The predicted octanol–water partition coefficient (Wildman–Crippen LogP) is 1.69. The molecule has 18 heavy (non-hydrogen) atoms. The van der Waals surface area contributed by atoms with Gasteiger partial charge in [-0.15, -0.1) is 0 Å².